The number of carbonyl (C=O) groups excluding carboxylic acids is 1. The zero-order chi connectivity index (χ0) is 42.4. The molecule has 9 rings (SSSR count). The van der Waals surface area contributed by atoms with Crippen molar-refractivity contribution >= 4 is 34.0 Å². The number of nitrogens with one attached hydrogen (secondary N) is 1. The molecule has 0 bridgehead atoms. The van der Waals surface area contributed by atoms with E-state index in [1.165, 1.54) is 6.07 Å². The van der Waals surface area contributed by atoms with Gasteiger partial charge < -0.3 is 35.0 Å². The number of nitrogen functional groups attached to an aromatic ring is 1. The van der Waals surface area contributed by atoms with E-state index in [2.05, 4.69) is 55.1 Å². The summed E-state index contributed by atoms with van der Waals surface area (Å²) in [5.74, 6) is -0.600. The van der Waals surface area contributed by atoms with Crippen molar-refractivity contribution in [1.29, 1.82) is 0 Å². The number of hydrogen-bond acceptors (Lipinski definition) is 9. The number of nitrogens with two attached hydrogens (primary N) is 1. The molecule has 59 heavy (non-hydrogen) atoms. The van der Waals surface area contributed by atoms with E-state index in [9.17, 15) is 9.90 Å². The van der Waals surface area contributed by atoms with Gasteiger partial charge in [-0.25, -0.2) is 8.78 Å². The maximum Gasteiger partial charge on any atom is 0.256 e. The van der Waals surface area contributed by atoms with E-state index in [0.29, 0.717) is 30.0 Å². The predicted molar refractivity (Wildman–Crippen MR) is 229 cm³/mol. The molecule has 6 heterocycles. The molecule has 3 fully saturated rings. The van der Waals surface area contributed by atoms with Crippen LogP contribution in [-0.4, -0.2) is 100 Å². The Morgan fingerprint density at radius 1 is 1.02 bits per heavy atom. The van der Waals surface area contributed by atoms with Gasteiger partial charge in [-0.1, -0.05) is 24.3 Å². The number of likely N-dealkylation sites (tertiary alicyclic amines) is 2. The molecule has 4 aliphatic heterocycles. The number of amides is 1. The highest BCUT2D eigenvalue weighted by molar-refractivity contribution is 5.94. The summed E-state index contributed by atoms with van der Waals surface area (Å²) in [6, 6.07) is 20.2. The number of aromatic nitrogens is 3. The van der Waals surface area contributed by atoms with Gasteiger partial charge in [-0.3, -0.25) is 10.1 Å². The maximum absolute atomic E-state index is 16.4. The Bertz CT molecular complexity index is 2450. The number of nitrogens with zero attached hydrogens (tertiary/aromatic N) is 7. The highest BCUT2D eigenvalue weighted by atomic mass is 19.1. The van der Waals surface area contributed by atoms with Gasteiger partial charge in [0, 0.05) is 113 Å². The van der Waals surface area contributed by atoms with Gasteiger partial charge in [-0.05, 0) is 92.3 Å². The van der Waals surface area contributed by atoms with Crippen molar-refractivity contribution < 1.29 is 21.4 Å². The number of fused-ring (bicyclic) bond motifs is 1. The lowest BCUT2D eigenvalue weighted by Crippen LogP contribution is -2.51. The van der Waals surface area contributed by atoms with Crippen LogP contribution in [0.4, 0.5) is 26.0 Å². The van der Waals surface area contributed by atoms with Crippen molar-refractivity contribution in [1.82, 2.24) is 29.9 Å². The number of para-hydroxylation sites is 1. The van der Waals surface area contributed by atoms with E-state index in [0.717, 1.165) is 73.0 Å². The van der Waals surface area contributed by atoms with Crippen molar-refractivity contribution in [3.05, 3.63) is 108 Å². The minimum atomic E-state index is -1.42. The predicted octanol–water partition coefficient (Wildman–Crippen LogP) is 7.38. The summed E-state index contributed by atoms with van der Waals surface area (Å²) < 4.78 is 50.7. The van der Waals surface area contributed by atoms with Crippen LogP contribution in [0.25, 0.3) is 22.2 Å². The second kappa shape index (κ2) is 16.3. The molecule has 1 amide bonds. The third-order valence-electron chi connectivity index (χ3n) is 12.8. The van der Waals surface area contributed by atoms with Crippen LogP contribution in [0, 0.1) is 12.7 Å². The molecule has 4 aliphatic rings. The van der Waals surface area contributed by atoms with Gasteiger partial charge in [0.15, 0.2) is 5.82 Å². The van der Waals surface area contributed by atoms with Crippen molar-refractivity contribution in [3.63, 3.8) is 0 Å². The largest absolute Gasteiger partial charge is 0.507 e. The van der Waals surface area contributed by atoms with Crippen LogP contribution in [0.5, 0.6) is 5.75 Å². The lowest BCUT2D eigenvalue weighted by atomic mass is 9.89. The van der Waals surface area contributed by atoms with E-state index in [4.69, 9.17) is 8.48 Å². The first-order chi connectivity index (χ1) is 29.4. The standard InChI is InChI=1S/C46H53F2N9O2/c1-31-27-57(41-12-10-35(25-38(31)41)56-19-5-17-50-30-56)34-13-20-53(21-14-34)29-46(48)15-22-54(23-16-46)45(59)36-11-9-32(24-39(36)47)33-6-4-18-55(28-33)42-26-40(51-52-44(42)49)37-7-2-3-8-43(37)58/h2-3,5,7-12,19,24-27,33-34,50,58H,4,6,13-18,20-23,28-30H2,1H3,(H2,49,52)/i17D,30D/t17?,30-,33?/m1/s1. The lowest BCUT2D eigenvalue weighted by molar-refractivity contribution is 0.0157. The zero-order valence-electron chi connectivity index (χ0n) is 35.4. The van der Waals surface area contributed by atoms with Crippen LogP contribution in [0.2, 0.25) is 0 Å². The molecule has 0 saturated carbocycles. The molecule has 308 valence electrons. The first-order valence-corrected chi connectivity index (χ1v) is 20.8. The number of phenols is 1. The second-order valence-electron chi connectivity index (χ2n) is 16.6. The molecule has 4 N–H and O–H groups in total. The smallest absolute Gasteiger partial charge is 0.256 e. The summed E-state index contributed by atoms with van der Waals surface area (Å²) in [7, 11) is 0. The SMILES string of the molecule is [2H]C1C=CN(c2ccc3c(c2)c(C)cn3C2CCN(CC3(F)CCN(C(=O)c4ccc(C5CCCN(c6cc(-c7ccccc7O)nnc6N)C5)cc4F)CC3)CC2)[C@H]([2H])N1. The molecule has 13 heteroatoms. The Morgan fingerprint density at radius 3 is 2.61 bits per heavy atom. The van der Waals surface area contributed by atoms with Gasteiger partial charge in [0.2, 0.25) is 0 Å². The van der Waals surface area contributed by atoms with E-state index in [1.54, 1.807) is 41.4 Å². The number of hydrogen-bond donors (Lipinski definition) is 3. The molecule has 3 atom stereocenters. The van der Waals surface area contributed by atoms with E-state index in [1.807, 2.05) is 29.2 Å². The Labute approximate surface area is 346 Å². The number of carbonyl (C=O) groups is 1. The molecule has 0 aliphatic carbocycles. The molecule has 5 aromatic rings. The molecule has 3 saturated heterocycles. The molecule has 0 radical (unpaired) electrons. The fourth-order valence-electron chi connectivity index (χ4n) is 9.48. The highest BCUT2D eigenvalue weighted by Crippen LogP contribution is 2.38. The van der Waals surface area contributed by atoms with E-state index < -0.39 is 30.6 Å². The number of aryl methyl sites for hydroxylation is 1. The Balaban J connectivity index is 0.783. The topological polar surface area (TPSA) is 119 Å². The number of rotatable bonds is 8. The average molecular weight is 804 g/mol. The quantitative estimate of drug-likeness (QED) is 0.148. The number of benzene rings is 3. The fraction of sp³-hybridized carbons (Fsp3) is 0.413. The fourth-order valence-corrected chi connectivity index (χ4v) is 9.48. The minimum Gasteiger partial charge on any atom is -0.507 e. The summed E-state index contributed by atoms with van der Waals surface area (Å²) in [5, 5.41) is 22.8. The number of aromatic hydroxyl groups is 1. The summed E-state index contributed by atoms with van der Waals surface area (Å²) in [6.07, 6.45) is 9.64. The van der Waals surface area contributed by atoms with Crippen LogP contribution < -0.4 is 20.9 Å². The van der Waals surface area contributed by atoms with Crippen LogP contribution in [0.15, 0.2) is 85.2 Å². The highest BCUT2D eigenvalue weighted by Gasteiger charge is 2.39. The van der Waals surface area contributed by atoms with Crippen molar-refractivity contribution in [2.45, 2.75) is 63.1 Å². The van der Waals surface area contributed by atoms with Gasteiger partial charge in [0.1, 0.15) is 17.2 Å². The van der Waals surface area contributed by atoms with Crippen molar-refractivity contribution in [2.24, 2.45) is 0 Å². The monoisotopic (exact) mass is 803 g/mol. The van der Waals surface area contributed by atoms with Gasteiger partial charge in [-0.2, -0.15) is 0 Å². The van der Waals surface area contributed by atoms with Crippen LogP contribution in [-0.2, 0) is 0 Å². The number of anilines is 3. The average Bonchev–Trinajstić information content (AvgIpc) is 3.59. The van der Waals surface area contributed by atoms with Gasteiger partial charge in [0.05, 0.1) is 25.0 Å². The molecule has 2 aromatic heterocycles. The minimum absolute atomic E-state index is 0.00212. The molecular formula is C46H53F2N9O2. The van der Waals surface area contributed by atoms with E-state index in [-0.39, 0.29) is 55.0 Å². The number of alkyl halides is 1. The van der Waals surface area contributed by atoms with E-state index >= 15 is 8.78 Å². The van der Waals surface area contributed by atoms with Crippen molar-refractivity contribution in [2.75, 3.05) is 74.5 Å². The third kappa shape index (κ3) is 7.97. The molecule has 0 spiro atoms. The molecule has 11 nitrogen and oxygen atoms in total. The summed E-state index contributed by atoms with van der Waals surface area (Å²) in [5.41, 5.74) is 10.6. The summed E-state index contributed by atoms with van der Waals surface area (Å²) in [4.78, 5) is 21.4. The van der Waals surface area contributed by atoms with Gasteiger partial charge in [0.25, 0.3) is 5.91 Å². The van der Waals surface area contributed by atoms with Gasteiger partial charge >= 0.3 is 0 Å². The third-order valence-corrected chi connectivity index (χ3v) is 12.8. The summed E-state index contributed by atoms with van der Waals surface area (Å²) in [6.45, 7) is 4.45. The maximum atomic E-state index is 16.4. The first kappa shape index (κ1) is 36.5. The number of phenolic OH excluding ortho intramolecular Hbond substituents is 1. The second-order valence-corrected chi connectivity index (χ2v) is 16.6. The number of piperidine rings is 3. The van der Waals surface area contributed by atoms with Crippen LogP contribution in [0.1, 0.15) is 74.7 Å². The Kier molecular flexibility index (Phi) is 10.1. The van der Waals surface area contributed by atoms with Crippen LogP contribution in [0.3, 0.4) is 0 Å². The van der Waals surface area contributed by atoms with Crippen molar-refractivity contribution in [3.8, 4) is 17.0 Å². The first-order valence-electron chi connectivity index (χ1n) is 21.9. The Morgan fingerprint density at radius 2 is 1.83 bits per heavy atom. The van der Waals surface area contributed by atoms with Crippen LogP contribution >= 0.6 is 0 Å². The number of halogens is 2. The van der Waals surface area contributed by atoms with Gasteiger partial charge in [-0.15, -0.1) is 10.2 Å². The molecule has 3 aromatic carbocycles. The molecular weight excluding hydrogens is 749 g/mol. The summed E-state index contributed by atoms with van der Waals surface area (Å²) >= 11 is 0. The Hall–Kier alpha value is -5.53. The lowest BCUT2D eigenvalue weighted by Gasteiger charge is -2.41. The normalized spacial score (nSPS) is 23.4. The molecule has 2 unspecified atom stereocenters. The zero-order valence-corrected chi connectivity index (χ0v) is 33.4.